The fourth-order valence-electron chi connectivity index (χ4n) is 1.31. The second-order valence-corrected chi connectivity index (χ2v) is 8.32. The second kappa shape index (κ2) is 11.9. The van der Waals surface area contributed by atoms with Crippen LogP contribution in [0.1, 0.15) is 29.8 Å². The number of hydrogen-bond acceptors (Lipinski definition) is 4. The highest BCUT2D eigenvalue weighted by Gasteiger charge is 2.11. The van der Waals surface area contributed by atoms with E-state index in [4.69, 9.17) is 11.6 Å². The van der Waals surface area contributed by atoms with Gasteiger partial charge in [0.2, 0.25) is 11.8 Å². The third kappa shape index (κ3) is 10.0. The zero-order valence-corrected chi connectivity index (χ0v) is 17.5. The molecule has 0 radical (unpaired) electrons. The van der Waals surface area contributed by atoms with Crippen molar-refractivity contribution in [3.63, 3.8) is 0 Å². The minimum atomic E-state index is -0.426. The molecule has 23 heavy (non-hydrogen) atoms. The summed E-state index contributed by atoms with van der Waals surface area (Å²) in [5.74, 6) is -0.220. The number of hydrogen-bond donors (Lipinski definition) is 2. The van der Waals surface area contributed by atoms with Gasteiger partial charge in [-0.2, -0.15) is 0 Å². The summed E-state index contributed by atoms with van der Waals surface area (Å²) in [6.07, 6.45) is 1.81. The molecule has 5 nitrogen and oxygen atoms in total. The first kappa shape index (κ1) is 22.4. The number of ketones is 1. The Labute approximate surface area is 161 Å². The molecule has 0 aromatic heterocycles. The quantitative estimate of drug-likeness (QED) is 0.377. The van der Waals surface area contributed by atoms with Crippen molar-refractivity contribution in [2.75, 3.05) is 6.26 Å². The molecule has 0 aliphatic heterocycles. The lowest BCUT2D eigenvalue weighted by atomic mass is 10.1. The number of benzene rings is 1. The van der Waals surface area contributed by atoms with Crippen LogP contribution in [0.3, 0.4) is 0 Å². The molecule has 9 heteroatoms. The molecule has 0 saturated carbocycles. The maximum absolute atomic E-state index is 11.3. The maximum Gasteiger partial charge on any atom is 0.244 e. The Kier molecular flexibility index (Phi) is 11.6. The van der Waals surface area contributed by atoms with E-state index in [1.807, 2.05) is 0 Å². The molecule has 0 heterocycles. The first-order valence-electron chi connectivity index (χ1n) is 6.33. The van der Waals surface area contributed by atoms with E-state index in [2.05, 4.69) is 41.9 Å². The van der Waals surface area contributed by atoms with Gasteiger partial charge in [-0.15, -0.1) is 0 Å². The van der Waals surface area contributed by atoms with Crippen molar-refractivity contribution >= 4 is 73.0 Å². The number of alkyl halides is 2. The average molecular weight is 489 g/mol. The summed E-state index contributed by atoms with van der Waals surface area (Å²) in [5.41, 5.74) is 1.33. The third-order valence-electron chi connectivity index (χ3n) is 2.36. The topological polar surface area (TPSA) is 75.3 Å². The van der Waals surface area contributed by atoms with Crippen LogP contribution < -0.4 is 10.0 Å². The molecule has 128 valence electrons. The Bertz CT molecular complexity index is 571. The van der Waals surface area contributed by atoms with Gasteiger partial charge in [-0.25, -0.2) is 0 Å². The molecule has 0 saturated heterocycles. The highest BCUT2D eigenvalue weighted by atomic mass is 79.9. The Morgan fingerprint density at radius 2 is 1.87 bits per heavy atom. The minimum absolute atomic E-state index is 0.00231. The van der Waals surface area contributed by atoms with Crippen LogP contribution in [0.2, 0.25) is 5.02 Å². The molecule has 0 bridgehead atoms. The van der Waals surface area contributed by atoms with Crippen LogP contribution in [0.25, 0.3) is 0 Å². The summed E-state index contributed by atoms with van der Waals surface area (Å²) in [6.45, 7) is 3.29. The molecule has 1 aromatic carbocycles. The molecule has 0 aliphatic rings. The van der Waals surface area contributed by atoms with Gasteiger partial charge in [0.1, 0.15) is 3.74 Å². The van der Waals surface area contributed by atoms with E-state index in [-0.39, 0.29) is 17.6 Å². The first-order chi connectivity index (χ1) is 10.7. The highest BCUT2D eigenvalue weighted by molar-refractivity contribution is 9.25. The van der Waals surface area contributed by atoms with Gasteiger partial charge < -0.3 is 10.0 Å². The minimum Gasteiger partial charge on any atom is -0.350 e. The van der Waals surface area contributed by atoms with Crippen molar-refractivity contribution in [1.82, 2.24) is 10.0 Å². The highest BCUT2D eigenvalue weighted by Crippen LogP contribution is 2.18. The van der Waals surface area contributed by atoms with Gasteiger partial charge in [0.15, 0.2) is 5.78 Å². The fourth-order valence-corrected chi connectivity index (χ4v) is 2.17. The molecular weight excluding hydrogens is 471 g/mol. The Morgan fingerprint density at radius 1 is 1.26 bits per heavy atom. The first-order valence-corrected chi connectivity index (χ1v) is 9.77. The molecule has 2 amide bonds. The van der Waals surface area contributed by atoms with E-state index in [0.717, 1.165) is 5.56 Å². The Morgan fingerprint density at radius 3 is 2.22 bits per heavy atom. The van der Waals surface area contributed by atoms with Gasteiger partial charge in [-0.05, 0) is 18.6 Å². The van der Waals surface area contributed by atoms with Crippen LogP contribution in [0.5, 0.6) is 0 Å². The summed E-state index contributed by atoms with van der Waals surface area (Å²) < 4.78 is 2.06. The largest absolute Gasteiger partial charge is 0.350 e. The predicted octanol–water partition coefficient (Wildman–Crippen LogP) is 3.68. The molecule has 0 spiro atoms. The van der Waals surface area contributed by atoms with Gasteiger partial charge in [-0.1, -0.05) is 67.5 Å². The van der Waals surface area contributed by atoms with Gasteiger partial charge in [0.05, 0.1) is 0 Å². The average Bonchev–Trinajstić information content (AvgIpc) is 2.45. The van der Waals surface area contributed by atoms with Gasteiger partial charge in [-0.3, -0.25) is 14.4 Å². The second-order valence-electron chi connectivity index (χ2n) is 4.24. The third-order valence-corrected chi connectivity index (χ3v) is 4.03. The zero-order chi connectivity index (χ0) is 18.0. The SMILES string of the molecule is CC(=O)c1ccc(CNC(=O)C(Br)Br)c(Cl)c1.CSNC(C)=O. The summed E-state index contributed by atoms with van der Waals surface area (Å²) in [4.78, 5) is 32.3. The molecule has 2 N–H and O–H groups in total. The van der Waals surface area contributed by atoms with Crippen LogP contribution in [-0.2, 0) is 16.1 Å². The molecular formula is C14H17Br2ClN2O3S. The van der Waals surface area contributed by atoms with Crippen molar-refractivity contribution in [2.24, 2.45) is 0 Å². The lowest BCUT2D eigenvalue weighted by Crippen LogP contribution is -2.27. The smallest absolute Gasteiger partial charge is 0.244 e. The van der Waals surface area contributed by atoms with Crippen molar-refractivity contribution < 1.29 is 14.4 Å². The number of halogens is 3. The van der Waals surface area contributed by atoms with E-state index in [1.165, 1.54) is 25.8 Å². The number of carbonyl (C=O) groups excluding carboxylic acids is 3. The van der Waals surface area contributed by atoms with Crippen molar-refractivity contribution in [2.45, 2.75) is 24.1 Å². The molecule has 0 unspecified atom stereocenters. The molecule has 0 aliphatic carbocycles. The van der Waals surface area contributed by atoms with E-state index < -0.39 is 3.74 Å². The van der Waals surface area contributed by atoms with Crippen LogP contribution in [-0.4, -0.2) is 27.6 Å². The normalized spacial score (nSPS) is 9.70. The number of amides is 2. The van der Waals surface area contributed by atoms with Crippen LogP contribution in [0.15, 0.2) is 18.2 Å². The predicted molar refractivity (Wildman–Crippen MR) is 102 cm³/mol. The lowest BCUT2D eigenvalue weighted by molar-refractivity contribution is -0.119. The number of Topliss-reactive ketones (excluding diaryl/α,β-unsaturated/α-hetero) is 1. The van der Waals surface area contributed by atoms with Crippen LogP contribution >= 0.6 is 55.4 Å². The molecule has 1 rings (SSSR count). The van der Waals surface area contributed by atoms with Crippen molar-refractivity contribution in [3.05, 3.63) is 34.3 Å². The molecule has 0 atom stereocenters. The number of nitrogens with one attached hydrogen (secondary N) is 2. The number of carbonyl (C=O) groups is 3. The van der Waals surface area contributed by atoms with E-state index in [1.54, 1.807) is 24.5 Å². The molecule has 1 aromatic rings. The summed E-state index contributed by atoms with van der Waals surface area (Å²) >= 11 is 13.5. The number of rotatable bonds is 5. The Balaban J connectivity index is 0.000000688. The van der Waals surface area contributed by atoms with E-state index in [0.29, 0.717) is 17.1 Å². The maximum atomic E-state index is 11.3. The van der Waals surface area contributed by atoms with Crippen molar-refractivity contribution in [3.8, 4) is 0 Å². The summed E-state index contributed by atoms with van der Waals surface area (Å²) in [6, 6.07) is 5.03. The standard InChI is InChI=1S/C11H10Br2ClNO2.C3H7NOS/c1-6(16)7-2-3-8(9(14)4-7)5-15-11(17)10(12)13;1-3(5)4-6-2/h2-4,10H,5H2,1H3,(H,15,17);1-2H3,(H,4,5). The lowest BCUT2D eigenvalue weighted by Gasteiger charge is -2.08. The van der Waals surface area contributed by atoms with Gasteiger partial charge in [0.25, 0.3) is 0 Å². The van der Waals surface area contributed by atoms with Crippen molar-refractivity contribution in [1.29, 1.82) is 0 Å². The fraction of sp³-hybridized carbons (Fsp3) is 0.357. The van der Waals surface area contributed by atoms with Crippen LogP contribution in [0.4, 0.5) is 0 Å². The Hall–Kier alpha value is -0.570. The summed E-state index contributed by atoms with van der Waals surface area (Å²) in [5, 5.41) is 3.16. The van der Waals surface area contributed by atoms with Gasteiger partial charge in [0, 0.05) is 30.3 Å². The van der Waals surface area contributed by atoms with E-state index >= 15 is 0 Å². The molecule has 0 fully saturated rings. The summed E-state index contributed by atoms with van der Waals surface area (Å²) in [7, 11) is 0. The van der Waals surface area contributed by atoms with Crippen LogP contribution in [0, 0.1) is 0 Å². The zero-order valence-electron chi connectivity index (χ0n) is 12.8. The monoisotopic (exact) mass is 486 g/mol. The van der Waals surface area contributed by atoms with E-state index in [9.17, 15) is 14.4 Å². The van der Waals surface area contributed by atoms with Gasteiger partial charge >= 0.3 is 0 Å².